The van der Waals surface area contributed by atoms with Crippen LogP contribution in [0.1, 0.15) is 38.7 Å². The van der Waals surface area contributed by atoms with E-state index in [2.05, 4.69) is 42.3 Å². The minimum Gasteiger partial charge on any atom is -0.383 e. The Balaban J connectivity index is 2.02. The molecule has 0 bridgehead atoms. The van der Waals surface area contributed by atoms with Crippen LogP contribution in [0.2, 0.25) is 0 Å². The van der Waals surface area contributed by atoms with Crippen LogP contribution < -0.4 is 10.2 Å². The van der Waals surface area contributed by atoms with Gasteiger partial charge in [0.2, 0.25) is 0 Å². The van der Waals surface area contributed by atoms with Crippen LogP contribution in [0.25, 0.3) is 0 Å². The highest BCUT2D eigenvalue weighted by molar-refractivity contribution is 5.75. The third-order valence-corrected chi connectivity index (χ3v) is 4.28. The third-order valence-electron chi connectivity index (χ3n) is 4.28. The Morgan fingerprint density at radius 2 is 1.94 bits per heavy atom. The molecule has 2 heteroatoms. The first-order chi connectivity index (χ1) is 8.27. The molecule has 2 heterocycles. The third kappa shape index (κ3) is 1.80. The number of nitrogens with one attached hydrogen (secondary N) is 1. The maximum absolute atomic E-state index is 3.61. The summed E-state index contributed by atoms with van der Waals surface area (Å²) >= 11 is 0. The van der Waals surface area contributed by atoms with E-state index in [1.807, 2.05) is 0 Å². The Hall–Kier alpha value is -1.18. The van der Waals surface area contributed by atoms with Crippen molar-refractivity contribution in [3.05, 3.63) is 23.8 Å². The summed E-state index contributed by atoms with van der Waals surface area (Å²) in [5, 5.41) is 3.61. The lowest BCUT2D eigenvalue weighted by Crippen LogP contribution is -2.33. The molecule has 2 aliphatic rings. The lowest BCUT2D eigenvalue weighted by Gasteiger charge is -2.33. The predicted molar refractivity (Wildman–Crippen MR) is 73.9 cm³/mol. The second-order valence-electron chi connectivity index (χ2n) is 5.52. The number of hydrogen-bond donors (Lipinski definition) is 1. The molecule has 1 saturated heterocycles. The summed E-state index contributed by atoms with van der Waals surface area (Å²) in [4.78, 5) is 2.61. The fourth-order valence-electron chi connectivity index (χ4n) is 3.38. The minimum absolute atomic E-state index is 0.681. The molecule has 2 atom stereocenters. The van der Waals surface area contributed by atoms with Crippen LogP contribution in [0.3, 0.4) is 0 Å². The molecule has 1 fully saturated rings. The fourth-order valence-corrected chi connectivity index (χ4v) is 3.38. The summed E-state index contributed by atoms with van der Waals surface area (Å²) in [7, 11) is 0. The number of rotatable bonds is 1. The molecule has 2 unspecified atom stereocenters. The van der Waals surface area contributed by atoms with Gasteiger partial charge in [0.25, 0.3) is 0 Å². The second-order valence-corrected chi connectivity index (χ2v) is 5.52. The van der Waals surface area contributed by atoms with Crippen molar-refractivity contribution in [1.82, 2.24) is 0 Å². The van der Waals surface area contributed by atoms with Crippen molar-refractivity contribution in [3.8, 4) is 0 Å². The average Bonchev–Trinajstić information content (AvgIpc) is 2.69. The fraction of sp³-hybridized carbons (Fsp3) is 0.600. The summed E-state index contributed by atoms with van der Waals surface area (Å²) in [6.45, 7) is 5.83. The molecule has 2 aliphatic heterocycles. The Morgan fingerprint density at radius 3 is 2.71 bits per heavy atom. The van der Waals surface area contributed by atoms with E-state index in [1.54, 1.807) is 0 Å². The Labute approximate surface area is 104 Å². The quantitative estimate of drug-likeness (QED) is 0.795. The molecule has 0 saturated carbocycles. The van der Waals surface area contributed by atoms with Crippen molar-refractivity contribution < 1.29 is 0 Å². The standard InChI is InChI=1S/C15H22N2/c1-11-8-9-12(2)17(11)14-7-3-5-13-6-4-10-16-15(13)14/h3,5,7,11-12,16H,4,6,8-10H2,1-2H3. The van der Waals surface area contributed by atoms with E-state index in [0.717, 1.165) is 6.54 Å². The van der Waals surface area contributed by atoms with Crippen molar-refractivity contribution in [1.29, 1.82) is 0 Å². The van der Waals surface area contributed by atoms with Crippen molar-refractivity contribution in [2.45, 2.75) is 51.6 Å². The van der Waals surface area contributed by atoms with Gasteiger partial charge in [0.1, 0.15) is 0 Å². The van der Waals surface area contributed by atoms with Gasteiger partial charge in [-0.3, -0.25) is 0 Å². The van der Waals surface area contributed by atoms with Crippen LogP contribution in [-0.4, -0.2) is 18.6 Å². The number of fused-ring (bicyclic) bond motifs is 1. The van der Waals surface area contributed by atoms with E-state index in [-0.39, 0.29) is 0 Å². The van der Waals surface area contributed by atoms with Crippen molar-refractivity contribution in [3.63, 3.8) is 0 Å². The van der Waals surface area contributed by atoms with Crippen LogP contribution >= 0.6 is 0 Å². The molecular weight excluding hydrogens is 208 g/mol. The van der Waals surface area contributed by atoms with Gasteiger partial charge < -0.3 is 10.2 Å². The number of benzene rings is 1. The molecule has 17 heavy (non-hydrogen) atoms. The lowest BCUT2D eigenvalue weighted by atomic mass is 10.0. The molecule has 1 aromatic carbocycles. The molecule has 1 aromatic rings. The first-order valence-electron chi connectivity index (χ1n) is 6.91. The number of anilines is 2. The molecule has 3 rings (SSSR count). The zero-order chi connectivity index (χ0) is 11.8. The largest absolute Gasteiger partial charge is 0.383 e. The first-order valence-corrected chi connectivity index (χ1v) is 6.91. The van der Waals surface area contributed by atoms with E-state index in [9.17, 15) is 0 Å². The highest BCUT2D eigenvalue weighted by Gasteiger charge is 2.29. The van der Waals surface area contributed by atoms with Crippen LogP contribution in [0.5, 0.6) is 0 Å². The molecule has 2 nitrogen and oxygen atoms in total. The summed E-state index contributed by atoms with van der Waals surface area (Å²) in [5.74, 6) is 0. The van der Waals surface area contributed by atoms with Gasteiger partial charge in [-0.15, -0.1) is 0 Å². The zero-order valence-electron chi connectivity index (χ0n) is 10.9. The summed E-state index contributed by atoms with van der Waals surface area (Å²) in [6, 6.07) is 8.14. The number of nitrogens with zero attached hydrogens (tertiary/aromatic N) is 1. The topological polar surface area (TPSA) is 15.3 Å². The number of hydrogen-bond acceptors (Lipinski definition) is 2. The Kier molecular flexibility index (Phi) is 2.73. The summed E-state index contributed by atoms with van der Waals surface area (Å²) < 4.78 is 0. The second kappa shape index (κ2) is 4.25. The van der Waals surface area contributed by atoms with Crippen molar-refractivity contribution >= 4 is 11.4 Å². The highest BCUT2D eigenvalue weighted by Crippen LogP contribution is 2.38. The van der Waals surface area contributed by atoms with Gasteiger partial charge in [-0.2, -0.15) is 0 Å². The van der Waals surface area contributed by atoms with Gasteiger partial charge in [0.15, 0.2) is 0 Å². The average molecular weight is 230 g/mol. The first kappa shape index (κ1) is 10.9. The molecule has 0 aromatic heterocycles. The normalized spacial score (nSPS) is 27.8. The molecule has 1 N–H and O–H groups in total. The minimum atomic E-state index is 0.681. The lowest BCUT2D eigenvalue weighted by molar-refractivity contribution is 0.691. The molecule has 0 aliphatic carbocycles. The maximum atomic E-state index is 3.61. The Morgan fingerprint density at radius 1 is 1.18 bits per heavy atom. The van der Waals surface area contributed by atoms with E-state index in [0.29, 0.717) is 12.1 Å². The van der Waals surface area contributed by atoms with E-state index in [1.165, 1.54) is 42.6 Å². The molecule has 92 valence electrons. The van der Waals surface area contributed by atoms with Gasteiger partial charge in [0, 0.05) is 18.6 Å². The zero-order valence-corrected chi connectivity index (χ0v) is 10.9. The maximum Gasteiger partial charge on any atom is 0.0610 e. The van der Waals surface area contributed by atoms with Crippen molar-refractivity contribution in [2.24, 2.45) is 0 Å². The molecule has 0 spiro atoms. The van der Waals surface area contributed by atoms with Gasteiger partial charge in [-0.25, -0.2) is 0 Å². The summed E-state index contributed by atoms with van der Waals surface area (Å²) in [6.07, 6.45) is 5.14. The SMILES string of the molecule is CC1CCC(C)N1c1cccc2c1NCCC2. The highest BCUT2D eigenvalue weighted by atomic mass is 15.2. The van der Waals surface area contributed by atoms with Crippen LogP contribution in [-0.2, 0) is 6.42 Å². The monoisotopic (exact) mass is 230 g/mol. The van der Waals surface area contributed by atoms with Gasteiger partial charge in [-0.05, 0) is 51.2 Å². The van der Waals surface area contributed by atoms with E-state index in [4.69, 9.17) is 0 Å². The molecular formula is C15H22N2. The number of para-hydroxylation sites is 1. The van der Waals surface area contributed by atoms with Crippen LogP contribution in [0, 0.1) is 0 Å². The van der Waals surface area contributed by atoms with Crippen LogP contribution in [0.15, 0.2) is 18.2 Å². The van der Waals surface area contributed by atoms with Crippen LogP contribution in [0.4, 0.5) is 11.4 Å². The molecule has 0 amide bonds. The van der Waals surface area contributed by atoms with Gasteiger partial charge >= 0.3 is 0 Å². The van der Waals surface area contributed by atoms with E-state index >= 15 is 0 Å². The Bertz CT molecular complexity index is 403. The van der Waals surface area contributed by atoms with Gasteiger partial charge in [-0.1, -0.05) is 12.1 Å². The number of aryl methyl sites for hydroxylation is 1. The summed E-state index contributed by atoms with van der Waals surface area (Å²) in [5.41, 5.74) is 4.33. The smallest absolute Gasteiger partial charge is 0.0610 e. The van der Waals surface area contributed by atoms with E-state index < -0.39 is 0 Å². The predicted octanol–water partition coefficient (Wildman–Crippen LogP) is 3.42. The van der Waals surface area contributed by atoms with Gasteiger partial charge in [0.05, 0.1) is 11.4 Å². The van der Waals surface area contributed by atoms with Crippen molar-refractivity contribution in [2.75, 3.05) is 16.8 Å². The molecule has 0 radical (unpaired) electrons.